The molecule has 31 heavy (non-hydrogen) atoms. The van der Waals surface area contributed by atoms with Crippen LogP contribution in [0.1, 0.15) is 48.0 Å². The Morgan fingerprint density at radius 3 is 1.71 bits per heavy atom. The number of aliphatic hydroxyl groups is 1. The van der Waals surface area contributed by atoms with Crippen molar-refractivity contribution in [2.24, 2.45) is 0 Å². The van der Waals surface area contributed by atoms with Crippen LogP contribution < -0.4 is 10.4 Å². The highest BCUT2D eigenvalue weighted by Crippen LogP contribution is 2.37. The summed E-state index contributed by atoms with van der Waals surface area (Å²) >= 11 is 0. The molecule has 0 bridgehead atoms. The monoisotopic (exact) mass is 443 g/mol. The van der Waals surface area contributed by atoms with E-state index in [9.17, 15) is 15.0 Å². The van der Waals surface area contributed by atoms with E-state index in [-0.39, 0.29) is 18.3 Å². The third-order valence-electron chi connectivity index (χ3n) is 5.67. The number of benzene rings is 2. The zero-order valence-corrected chi connectivity index (χ0v) is 20.6. The van der Waals surface area contributed by atoms with Gasteiger partial charge in [-0.05, 0) is 42.6 Å². The van der Waals surface area contributed by atoms with E-state index in [1.165, 1.54) is 4.90 Å². The Bertz CT molecular complexity index is 789. The lowest BCUT2D eigenvalue weighted by atomic mass is 10.0. The molecule has 0 aliphatic rings. The molecular weight excluding hydrogens is 406 g/mol. The maximum Gasteiger partial charge on any atom is 0.408 e. The zero-order chi connectivity index (χ0) is 23.3. The summed E-state index contributed by atoms with van der Waals surface area (Å²) in [5.41, 5.74) is -0.611. The van der Waals surface area contributed by atoms with Gasteiger partial charge >= 0.3 is 6.09 Å². The van der Waals surface area contributed by atoms with Crippen LogP contribution in [0.25, 0.3) is 0 Å². The molecule has 5 nitrogen and oxygen atoms in total. The molecular formula is C25H37NO4Si. The summed E-state index contributed by atoms with van der Waals surface area (Å²) in [6, 6.07) is 20.1. The third-order valence-corrected chi connectivity index (χ3v) is 10.7. The molecule has 6 heteroatoms. The summed E-state index contributed by atoms with van der Waals surface area (Å²) in [5.74, 6) is 0. The Hall–Kier alpha value is -2.15. The third kappa shape index (κ3) is 5.56. The number of carbonyl (C=O) groups is 1. The second kappa shape index (κ2) is 9.98. The standard InChI is InChI=1S/C25H37NO4Si/c1-24(2,3)26(23(28)29)20(17-18-27)19-30-31(25(4,5)6,21-13-9-7-10-14-21)22-15-11-8-12-16-22/h7-16,20,27H,17-19H2,1-6H3,(H,28,29). The summed E-state index contributed by atoms with van der Waals surface area (Å²) in [6.45, 7) is 12.3. The topological polar surface area (TPSA) is 70.0 Å². The van der Waals surface area contributed by atoms with Crippen LogP contribution in [0.15, 0.2) is 60.7 Å². The van der Waals surface area contributed by atoms with Gasteiger partial charge in [0.1, 0.15) is 0 Å². The lowest BCUT2D eigenvalue weighted by Crippen LogP contribution is -2.67. The number of nitrogens with zero attached hydrogens (tertiary/aromatic N) is 1. The van der Waals surface area contributed by atoms with Crippen LogP contribution in [0.4, 0.5) is 4.79 Å². The molecule has 0 heterocycles. The van der Waals surface area contributed by atoms with Gasteiger partial charge < -0.3 is 14.6 Å². The highest BCUT2D eigenvalue weighted by Gasteiger charge is 2.50. The van der Waals surface area contributed by atoms with Crippen LogP contribution in [-0.4, -0.2) is 54.3 Å². The number of hydrogen-bond acceptors (Lipinski definition) is 3. The van der Waals surface area contributed by atoms with Gasteiger partial charge in [-0.2, -0.15) is 0 Å². The molecule has 1 amide bonds. The molecule has 0 saturated heterocycles. The van der Waals surface area contributed by atoms with Crippen molar-refractivity contribution in [1.29, 1.82) is 0 Å². The first-order valence-electron chi connectivity index (χ1n) is 10.8. The van der Waals surface area contributed by atoms with E-state index in [2.05, 4.69) is 45.0 Å². The number of hydrogen-bond donors (Lipinski definition) is 2. The lowest BCUT2D eigenvalue weighted by molar-refractivity contribution is 0.0396. The van der Waals surface area contributed by atoms with Gasteiger partial charge in [0.15, 0.2) is 0 Å². The molecule has 170 valence electrons. The second-order valence-electron chi connectivity index (χ2n) is 9.96. The van der Waals surface area contributed by atoms with Crippen molar-refractivity contribution in [1.82, 2.24) is 4.90 Å². The van der Waals surface area contributed by atoms with Crippen LogP contribution >= 0.6 is 0 Å². The zero-order valence-electron chi connectivity index (χ0n) is 19.6. The maximum atomic E-state index is 12.1. The van der Waals surface area contributed by atoms with Crippen LogP contribution in [0, 0.1) is 0 Å². The lowest BCUT2D eigenvalue weighted by Gasteiger charge is -2.46. The molecule has 0 fully saturated rings. The fourth-order valence-corrected chi connectivity index (χ4v) is 9.01. The highest BCUT2D eigenvalue weighted by atomic mass is 28.4. The van der Waals surface area contributed by atoms with Crippen molar-refractivity contribution in [2.45, 2.75) is 64.6 Å². The molecule has 2 aromatic rings. The fraction of sp³-hybridized carbons (Fsp3) is 0.480. The molecule has 0 saturated carbocycles. The first-order valence-corrected chi connectivity index (χ1v) is 12.7. The number of aliphatic hydroxyl groups excluding tert-OH is 1. The van der Waals surface area contributed by atoms with Gasteiger partial charge in [0.2, 0.25) is 0 Å². The van der Waals surface area contributed by atoms with Gasteiger partial charge in [0.05, 0.1) is 12.6 Å². The average molecular weight is 444 g/mol. The van der Waals surface area contributed by atoms with Gasteiger partial charge in [-0.3, -0.25) is 4.90 Å². The maximum absolute atomic E-state index is 12.1. The van der Waals surface area contributed by atoms with E-state index >= 15 is 0 Å². The minimum atomic E-state index is -2.78. The number of rotatable bonds is 8. The Balaban J connectivity index is 2.59. The molecule has 2 aromatic carbocycles. The smallest absolute Gasteiger partial charge is 0.408 e. The second-order valence-corrected chi connectivity index (χ2v) is 14.3. The quantitative estimate of drug-likeness (QED) is 0.603. The van der Waals surface area contributed by atoms with E-state index in [4.69, 9.17) is 4.43 Å². The van der Waals surface area contributed by atoms with Gasteiger partial charge in [-0.25, -0.2) is 4.79 Å². The molecule has 1 unspecified atom stereocenters. The average Bonchev–Trinajstić information content (AvgIpc) is 2.68. The molecule has 0 radical (unpaired) electrons. The minimum Gasteiger partial charge on any atom is -0.465 e. The van der Waals surface area contributed by atoms with Crippen molar-refractivity contribution in [3.05, 3.63) is 60.7 Å². The van der Waals surface area contributed by atoms with Crippen LogP contribution in [0.5, 0.6) is 0 Å². The van der Waals surface area contributed by atoms with E-state index in [0.29, 0.717) is 6.42 Å². The van der Waals surface area contributed by atoms with E-state index in [1.807, 2.05) is 57.2 Å². The number of amides is 1. The predicted molar refractivity (Wildman–Crippen MR) is 129 cm³/mol. The van der Waals surface area contributed by atoms with Crippen LogP contribution in [0.3, 0.4) is 0 Å². The molecule has 0 spiro atoms. The summed E-state index contributed by atoms with van der Waals surface area (Å²) in [6.07, 6.45) is -0.682. The first-order chi connectivity index (χ1) is 14.4. The summed E-state index contributed by atoms with van der Waals surface area (Å²) < 4.78 is 6.93. The minimum absolute atomic E-state index is 0.103. The summed E-state index contributed by atoms with van der Waals surface area (Å²) in [4.78, 5) is 13.5. The van der Waals surface area contributed by atoms with Gasteiger partial charge in [-0.1, -0.05) is 81.4 Å². The van der Waals surface area contributed by atoms with E-state index in [1.54, 1.807) is 0 Å². The molecule has 2 N–H and O–H groups in total. The van der Waals surface area contributed by atoms with Crippen molar-refractivity contribution in [2.75, 3.05) is 13.2 Å². The Kier molecular flexibility index (Phi) is 8.08. The van der Waals surface area contributed by atoms with E-state index < -0.39 is 26.0 Å². The van der Waals surface area contributed by atoms with Gasteiger partial charge in [-0.15, -0.1) is 0 Å². The van der Waals surface area contributed by atoms with Gasteiger partial charge in [0, 0.05) is 12.1 Å². The van der Waals surface area contributed by atoms with Gasteiger partial charge in [0.25, 0.3) is 8.32 Å². The Labute approximate surface area is 187 Å². The predicted octanol–water partition coefficient (Wildman–Crippen LogP) is 4.09. The van der Waals surface area contributed by atoms with Crippen molar-refractivity contribution >= 4 is 24.8 Å². The van der Waals surface area contributed by atoms with Crippen molar-refractivity contribution in [3.63, 3.8) is 0 Å². The SMILES string of the molecule is CC(C)(C)N(C(=O)O)C(CCO)CO[Si](c1ccccc1)(c1ccccc1)C(C)(C)C. The summed E-state index contributed by atoms with van der Waals surface area (Å²) in [5, 5.41) is 21.7. The largest absolute Gasteiger partial charge is 0.465 e. The van der Waals surface area contributed by atoms with Crippen molar-refractivity contribution < 1.29 is 19.4 Å². The molecule has 1 atom stereocenters. The fourth-order valence-electron chi connectivity index (χ4n) is 4.41. The molecule has 0 aliphatic heterocycles. The first kappa shape index (κ1) is 25.1. The van der Waals surface area contributed by atoms with Crippen LogP contribution in [0.2, 0.25) is 5.04 Å². The Morgan fingerprint density at radius 1 is 0.935 bits per heavy atom. The summed E-state index contributed by atoms with van der Waals surface area (Å²) in [7, 11) is -2.78. The number of carboxylic acid groups (broad SMARTS) is 1. The normalized spacial score (nSPS) is 13.6. The molecule has 0 aliphatic carbocycles. The Morgan fingerprint density at radius 2 is 1.39 bits per heavy atom. The van der Waals surface area contributed by atoms with E-state index in [0.717, 1.165) is 10.4 Å². The van der Waals surface area contributed by atoms with Crippen molar-refractivity contribution in [3.8, 4) is 0 Å². The molecule has 2 rings (SSSR count). The van der Waals surface area contributed by atoms with Crippen LogP contribution in [-0.2, 0) is 4.43 Å². The highest BCUT2D eigenvalue weighted by molar-refractivity contribution is 6.99. The molecule has 0 aromatic heterocycles.